The van der Waals surface area contributed by atoms with Crippen LogP contribution in [-0.4, -0.2) is 309 Å². The highest BCUT2D eigenvalue weighted by atomic mass is 16.7. The predicted octanol–water partition coefficient (Wildman–Crippen LogP) is 6.68. The molecule has 14 saturated heterocycles. The largest absolute Gasteiger partial charge is 0.480 e. The topological polar surface area (TPSA) is 434 Å². The van der Waals surface area contributed by atoms with Crippen molar-refractivity contribution in [2.75, 3.05) is 79.3 Å². The average Bonchev–Trinajstić information content (AvgIpc) is 1.61. The molecule has 684 valence electrons. The molecule has 20 atom stereocenters. The number of carbonyl (C=O) groups is 7. The molecule has 0 aromatic heterocycles. The van der Waals surface area contributed by atoms with Gasteiger partial charge in [-0.2, -0.15) is 0 Å². The molecule has 0 spiro atoms. The molecule has 0 aromatic carbocycles. The van der Waals surface area contributed by atoms with E-state index in [0.717, 1.165) is 64.6 Å². The molecular formula is C87H144O32. The van der Waals surface area contributed by atoms with E-state index in [1.165, 1.54) is 13.8 Å². The van der Waals surface area contributed by atoms with Crippen molar-refractivity contribution in [3.8, 4) is 0 Å². The smallest absolute Gasteiger partial charge is 0.332 e. The van der Waals surface area contributed by atoms with Gasteiger partial charge in [-0.25, -0.2) is 14.4 Å². The number of hydrogen-bond donors (Lipinski definition) is 7. The van der Waals surface area contributed by atoms with Crippen molar-refractivity contribution in [1.82, 2.24) is 0 Å². The molecule has 14 heterocycles. The van der Waals surface area contributed by atoms with E-state index in [2.05, 4.69) is 34.6 Å². The summed E-state index contributed by atoms with van der Waals surface area (Å²) in [5.41, 5.74) is -5.77. The van der Waals surface area contributed by atoms with Gasteiger partial charge in [0.15, 0.2) is 5.78 Å². The highest BCUT2D eigenvalue weighted by molar-refractivity contribution is 5.81. The summed E-state index contributed by atoms with van der Waals surface area (Å²) in [5, 5.41) is 64.0. The molecule has 20 aliphatic rings. The number of aliphatic hydroxyl groups excluding tert-OH is 6. The minimum absolute atomic E-state index is 0.0167. The lowest BCUT2D eigenvalue weighted by molar-refractivity contribution is -0.326. The fourth-order valence-corrected chi connectivity index (χ4v) is 20.6. The second-order valence-electron chi connectivity index (χ2n) is 39.6. The lowest BCUT2D eigenvalue weighted by Gasteiger charge is -2.60. The highest BCUT2D eigenvalue weighted by Crippen LogP contribution is 2.58. The molecule has 14 aliphatic heterocycles. The first kappa shape index (κ1) is 98.7. The lowest BCUT2D eigenvalue weighted by Crippen LogP contribution is -2.69. The van der Waals surface area contributed by atoms with Gasteiger partial charge < -0.3 is 126 Å². The van der Waals surface area contributed by atoms with Gasteiger partial charge in [0.2, 0.25) is 0 Å². The summed E-state index contributed by atoms with van der Waals surface area (Å²) in [4.78, 5) is 79.4. The van der Waals surface area contributed by atoms with Gasteiger partial charge in [0.1, 0.15) is 102 Å². The van der Waals surface area contributed by atoms with Crippen LogP contribution in [0.15, 0.2) is 0 Å². The summed E-state index contributed by atoms with van der Waals surface area (Å²) in [5.74, 6) is -1.73. The molecule has 7 N–H and O–H groups in total. The number of ether oxygens (including phenoxy) is 18. The lowest BCUT2D eigenvalue weighted by atomic mass is 9.65. The Kier molecular flexibility index (Phi) is 32.0. The zero-order chi connectivity index (χ0) is 88.4. The minimum atomic E-state index is -1.000. The van der Waals surface area contributed by atoms with Gasteiger partial charge in [0.25, 0.3) is 0 Å². The van der Waals surface area contributed by atoms with Crippen molar-refractivity contribution in [3.05, 3.63) is 0 Å². The van der Waals surface area contributed by atoms with E-state index in [0.29, 0.717) is 82.6 Å². The summed E-state index contributed by atoms with van der Waals surface area (Å²) in [6.45, 7) is 42.8. The molecule has 119 heavy (non-hydrogen) atoms. The number of carboxylic acids is 1. The van der Waals surface area contributed by atoms with Crippen LogP contribution in [0.4, 0.5) is 0 Å². The number of fused-ring (bicyclic) bond motifs is 18. The first-order valence-corrected chi connectivity index (χ1v) is 43.1. The number of carbonyl (C=O) groups excluding carboxylic acids is 6. The Morgan fingerprint density at radius 3 is 0.857 bits per heavy atom. The number of carboxylic acid groups (broad SMARTS) is 1. The second kappa shape index (κ2) is 38.6. The number of esters is 4. The first-order chi connectivity index (χ1) is 55.2. The molecule has 0 amide bonds. The van der Waals surface area contributed by atoms with E-state index in [1.54, 1.807) is 20.8 Å². The van der Waals surface area contributed by atoms with Crippen molar-refractivity contribution in [3.63, 3.8) is 0 Å². The molecule has 12 bridgehead atoms. The SMILES string of the molecule is CC(=O)CCC(=O)OC1CC2CC(OC(=O)CO)C1(C)OC2(C)C.CC(=O)COC1CC2CC(OCC(=O)O)C1(C)OC2(C)C.CC1(C)OC2(C)C(O)CC1CC2O.CC1(C)OC2(C)C(OCC3CO3)CC1CC2OCC1CO1.CC1(C)OC2(C)C(OCCO)CC1CC2OCCO.CCC(=O)OC1CC2CC(OC(=O)CO)C1(C)OC2(C)C. The van der Waals surface area contributed by atoms with Gasteiger partial charge in [0, 0.05) is 12.8 Å². The van der Waals surface area contributed by atoms with Crippen LogP contribution < -0.4 is 0 Å². The third-order valence-corrected chi connectivity index (χ3v) is 28.3. The Bertz CT molecular complexity index is 3320. The van der Waals surface area contributed by atoms with Crippen molar-refractivity contribution in [2.24, 2.45) is 35.5 Å². The molecule has 32 heteroatoms. The zero-order valence-electron chi connectivity index (χ0n) is 74.5. The maximum absolute atomic E-state index is 12.0. The van der Waals surface area contributed by atoms with Crippen LogP contribution in [0.2, 0.25) is 0 Å². The summed E-state index contributed by atoms with van der Waals surface area (Å²) in [6.07, 6.45) is 6.95. The van der Waals surface area contributed by atoms with E-state index in [1.807, 2.05) is 76.2 Å². The van der Waals surface area contributed by atoms with Gasteiger partial charge in [-0.3, -0.25) is 14.4 Å². The standard InChI is InChI=1S/C17H26O7.C16H26O5.2C15H24O6.C14H26O5.C10H18O3/c1-10(19)5-6-14(20)22-12-7-11-8-13(23-15(21)9-18)17(12,4)24-16(11,2)3;1-15(2)10-4-13(19-8-11-6-17-11)16(3,21-15)14(5-10)20-9-12-7-18-12;1-9(16)7-19-11-5-10-6-12(20-8-13(17)18)15(11,4)21-14(10,2)3;1-5-12(17)19-10-6-9-7-11(20-13(18)8-16)15(10,4)21-14(9,2)3;1-13(2)10-8-11(17-6-4-15)14(3,19-13)12(9-10)18-7-5-16;1-9(2)6-4-7(11)10(3,13-9)8(12)5-6/h11-13,18H,5-9H2,1-4H3;10-14H,4-9H2,1-3H3;10-12H,5-8H2,1-4H3,(H,17,18);9-11,16H,5-8H2,1-4H3;10-12,15-16H,4-9H2,1-3H3;6-8,11-12H,4-5H2,1-3H3. The number of epoxide rings is 2. The normalized spacial score (nSPS) is 41.2. The molecule has 0 aromatic rings. The Morgan fingerprint density at radius 1 is 0.328 bits per heavy atom. The summed E-state index contributed by atoms with van der Waals surface area (Å²) < 4.78 is 104. The number of Topliss-reactive ketones (excluding diaryl/α,β-unsaturated/α-hetero) is 2. The number of aliphatic hydroxyl groups is 6. The van der Waals surface area contributed by atoms with E-state index in [-0.39, 0.29) is 151 Å². The fourth-order valence-electron chi connectivity index (χ4n) is 20.6. The van der Waals surface area contributed by atoms with Gasteiger partial charge >= 0.3 is 29.8 Å². The molecule has 20 unspecified atom stereocenters. The second-order valence-corrected chi connectivity index (χ2v) is 39.6. The highest BCUT2D eigenvalue weighted by Gasteiger charge is 2.67. The molecule has 20 fully saturated rings. The zero-order valence-corrected chi connectivity index (χ0v) is 74.5. The van der Waals surface area contributed by atoms with Crippen LogP contribution in [0.3, 0.4) is 0 Å². The summed E-state index contributed by atoms with van der Waals surface area (Å²) >= 11 is 0. The van der Waals surface area contributed by atoms with Crippen LogP contribution in [0.5, 0.6) is 0 Å². The number of aliphatic carboxylic acids is 1. The number of rotatable bonds is 28. The van der Waals surface area contributed by atoms with E-state index in [4.69, 9.17) is 111 Å². The van der Waals surface area contributed by atoms with Crippen molar-refractivity contribution >= 4 is 41.4 Å². The molecular weight excluding hydrogens is 1560 g/mol. The van der Waals surface area contributed by atoms with Crippen LogP contribution in [0.25, 0.3) is 0 Å². The Morgan fingerprint density at radius 2 is 0.588 bits per heavy atom. The Labute approximate surface area is 702 Å². The van der Waals surface area contributed by atoms with Crippen LogP contribution in [0.1, 0.15) is 242 Å². The third-order valence-electron chi connectivity index (χ3n) is 28.3. The van der Waals surface area contributed by atoms with Crippen LogP contribution in [-0.2, 0) is 119 Å². The predicted molar refractivity (Wildman–Crippen MR) is 424 cm³/mol. The van der Waals surface area contributed by atoms with Crippen LogP contribution in [0, 0.1) is 35.5 Å². The number of ketones is 2. The van der Waals surface area contributed by atoms with E-state index < -0.39 is 107 Å². The van der Waals surface area contributed by atoms with E-state index >= 15 is 0 Å². The summed E-state index contributed by atoms with van der Waals surface area (Å²) in [6, 6.07) is 0. The van der Waals surface area contributed by atoms with Gasteiger partial charge in [-0.1, -0.05) is 6.92 Å². The molecule has 0 radical (unpaired) electrons. The monoisotopic (exact) mass is 1700 g/mol. The summed E-state index contributed by atoms with van der Waals surface area (Å²) in [7, 11) is 0. The average molecular weight is 1700 g/mol. The minimum Gasteiger partial charge on any atom is -0.480 e. The molecule has 6 saturated carbocycles. The third kappa shape index (κ3) is 23.0. The van der Waals surface area contributed by atoms with Gasteiger partial charge in [0.05, 0.1) is 142 Å². The molecule has 6 aliphatic carbocycles. The Hall–Kier alpha value is -4.11. The fraction of sp³-hybridized carbons (Fsp3) is 0.920. The van der Waals surface area contributed by atoms with Crippen LogP contribution >= 0.6 is 0 Å². The maximum Gasteiger partial charge on any atom is 0.332 e. The van der Waals surface area contributed by atoms with Crippen molar-refractivity contribution in [1.29, 1.82) is 0 Å². The van der Waals surface area contributed by atoms with E-state index in [9.17, 15) is 43.8 Å². The van der Waals surface area contributed by atoms with Crippen molar-refractivity contribution < 1.29 is 155 Å². The molecule has 32 nitrogen and oxygen atoms in total. The van der Waals surface area contributed by atoms with Gasteiger partial charge in [-0.05, 0) is 251 Å². The quantitative estimate of drug-likeness (QED) is 0.0244. The van der Waals surface area contributed by atoms with Crippen molar-refractivity contribution in [2.45, 2.75) is 394 Å². The maximum atomic E-state index is 12.0. The number of hydrogen-bond acceptors (Lipinski definition) is 31. The van der Waals surface area contributed by atoms with Gasteiger partial charge in [-0.15, -0.1) is 0 Å². The first-order valence-electron chi connectivity index (χ1n) is 43.1. The Balaban J connectivity index is 0.000000164. The molecule has 20 rings (SSSR count).